The molecular formula is C14H9ClN2O2. The number of hydrogen-bond donors (Lipinski definition) is 1. The number of imidazole rings is 1. The second-order valence-corrected chi connectivity index (χ2v) is 4.42. The number of fused-ring (bicyclic) bond motifs is 1. The van der Waals surface area contributed by atoms with Crippen LogP contribution in [0.5, 0.6) is 5.75 Å². The number of H-pyrrole nitrogens is 1. The third-order valence-electron chi connectivity index (χ3n) is 2.66. The first-order valence-electron chi connectivity index (χ1n) is 5.63. The lowest BCUT2D eigenvalue weighted by molar-refractivity contribution is 0.0735. The molecule has 0 amide bonds. The molecule has 2 aromatic carbocycles. The monoisotopic (exact) mass is 272 g/mol. The number of carbonyl (C=O) groups excluding carboxylic acids is 1. The molecule has 1 aromatic heterocycles. The zero-order valence-electron chi connectivity index (χ0n) is 9.76. The fourth-order valence-corrected chi connectivity index (χ4v) is 1.95. The van der Waals surface area contributed by atoms with Crippen molar-refractivity contribution in [3.8, 4) is 5.75 Å². The Morgan fingerprint density at radius 2 is 2.11 bits per heavy atom. The van der Waals surface area contributed by atoms with Crippen molar-refractivity contribution in [2.24, 2.45) is 0 Å². The topological polar surface area (TPSA) is 55.0 Å². The van der Waals surface area contributed by atoms with E-state index in [0.29, 0.717) is 16.3 Å². The van der Waals surface area contributed by atoms with Gasteiger partial charge in [-0.1, -0.05) is 17.7 Å². The number of hydrogen-bond acceptors (Lipinski definition) is 3. The van der Waals surface area contributed by atoms with Gasteiger partial charge in [0.15, 0.2) is 0 Å². The Kier molecular flexibility index (Phi) is 2.93. The van der Waals surface area contributed by atoms with Crippen molar-refractivity contribution in [3.63, 3.8) is 0 Å². The standard InChI is InChI=1S/C14H9ClN2O2/c15-10-3-1-2-9(6-10)14(18)19-11-4-5-12-13(7-11)17-8-16-12/h1-8H,(H,16,17). The first-order valence-corrected chi connectivity index (χ1v) is 6.01. The number of halogens is 1. The van der Waals surface area contributed by atoms with E-state index in [-0.39, 0.29) is 0 Å². The molecule has 0 fully saturated rings. The molecule has 0 saturated heterocycles. The summed E-state index contributed by atoms with van der Waals surface area (Å²) in [5, 5.41) is 0.499. The van der Waals surface area contributed by atoms with E-state index < -0.39 is 5.97 Å². The molecule has 1 heterocycles. The molecule has 94 valence electrons. The highest BCUT2D eigenvalue weighted by molar-refractivity contribution is 6.30. The van der Waals surface area contributed by atoms with Crippen molar-refractivity contribution in [1.29, 1.82) is 0 Å². The Morgan fingerprint density at radius 1 is 1.21 bits per heavy atom. The van der Waals surface area contributed by atoms with Crippen molar-refractivity contribution in [1.82, 2.24) is 9.97 Å². The summed E-state index contributed by atoms with van der Waals surface area (Å²) in [6, 6.07) is 11.8. The number of ether oxygens (including phenoxy) is 1. The summed E-state index contributed by atoms with van der Waals surface area (Å²) in [7, 11) is 0. The van der Waals surface area contributed by atoms with E-state index in [9.17, 15) is 4.79 Å². The van der Waals surface area contributed by atoms with Crippen LogP contribution >= 0.6 is 11.6 Å². The van der Waals surface area contributed by atoms with Gasteiger partial charge in [-0.15, -0.1) is 0 Å². The minimum absolute atomic E-state index is 0.414. The van der Waals surface area contributed by atoms with Gasteiger partial charge in [0.05, 0.1) is 22.9 Å². The molecule has 5 heteroatoms. The van der Waals surface area contributed by atoms with Crippen LogP contribution in [0.4, 0.5) is 0 Å². The number of aromatic amines is 1. The van der Waals surface area contributed by atoms with Gasteiger partial charge in [0.25, 0.3) is 0 Å². The molecule has 0 saturated carbocycles. The normalized spacial score (nSPS) is 10.6. The molecule has 0 bridgehead atoms. The van der Waals surface area contributed by atoms with E-state index >= 15 is 0 Å². The molecular weight excluding hydrogens is 264 g/mol. The minimum atomic E-state index is -0.443. The second-order valence-electron chi connectivity index (χ2n) is 3.98. The number of benzene rings is 2. The summed E-state index contributed by atoms with van der Waals surface area (Å²) < 4.78 is 5.29. The quantitative estimate of drug-likeness (QED) is 0.574. The second kappa shape index (κ2) is 4.74. The summed E-state index contributed by atoms with van der Waals surface area (Å²) >= 11 is 5.83. The molecule has 0 aliphatic carbocycles. The van der Waals surface area contributed by atoms with Gasteiger partial charge >= 0.3 is 5.97 Å². The Balaban J connectivity index is 1.86. The number of nitrogens with one attached hydrogen (secondary N) is 1. The number of rotatable bonds is 2. The van der Waals surface area contributed by atoms with E-state index in [2.05, 4.69) is 9.97 Å². The molecule has 0 aliphatic rings. The zero-order valence-corrected chi connectivity index (χ0v) is 10.5. The molecule has 3 rings (SSSR count). The largest absolute Gasteiger partial charge is 0.423 e. The van der Waals surface area contributed by atoms with Crippen molar-refractivity contribution in [2.45, 2.75) is 0 Å². The van der Waals surface area contributed by atoms with Gasteiger partial charge < -0.3 is 9.72 Å². The third kappa shape index (κ3) is 2.44. The molecule has 0 radical (unpaired) electrons. The maximum absolute atomic E-state index is 11.9. The molecule has 4 nitrogen and oxygen atoms in total. The number of esters is 1. The minimum Gasteiger partial charge on any atom is -0.423 e. The molecule has 0 spiro atoms. The van der Waals surface area contributed by atoms with E-state index in [1.807, 2.05) is 0 Å². The van der Waals surface area contributed by atoms with E-state index in [1.54, 1.807) is 48.8 Å². The highest BCUT2D eigenvalue weighted by Gasteiger charge is 2.09. The molecule has 3 aromatic rings. The van der Waals surface area contributed by atoms with Gasteiger partial charge in [-0.3, -0.25) is 0 Å². The molecule has 1 N–H and O–H groups in total. The van der Waals surface area contributed by atoms with E-state index in [4.69, 9.17) is 16.3 Å². The highest BCUT2D eigenvalue weighted by Crippen LogP contribution is 2.19. The Morgan fingerprint density at radius 3 is 2.95 bits per heavy atom. The van der Waals surface area contributed by atoms with Crippen molar-refractivity contribution in [2.75, 3.05) is 0 Å². The predicted molar refractivity (Wildman–Crippen MR) is 72.5 cm³/mol. The van der Waals surface area contributed by atoms with Gasteiger partial charge in [-0.05, 0) is 30.3 Å². The van der Waals surface area contributed by atoms with E-state index in [0.717, 1.165) is 11.0 Å². The Labute approximate surface area is 114 Å². The average Bonchev–Trinajstić information content (AvgIpc) is 2.86. The van der Waals surface area contributed by atoms with Crippen LogP contribution in [0, 0.1) is 0 Å². The van der Waals surface area contributed by atoms with Crippen LogP contribution in [0.25, 0.3) is 11.0 Å². The SMILES string of the molecule is O=C(Oc1ccc2nc[nH]c2c1)c1cccc(Cl)c1. The fraction of sp³-hybridized carbons (Fsp3) is 0. The summed E-state index contributed by atoms with van der Waals surface area (Å²) in [5.74, 6) is 0.0168. The lowest BCUT2D eigenvalue weighted by atomic mass is 10.2. The van der Waals surface area contributed by atoms with Crippen LogP contribution in [0.15, 0.2) is 48.8 Å². The molecule has 0 atom stereocenters. The number of carbonyl (C=O) groups is 1. The van der Waals surface area contributed by atoms with Gasteiger partial charge in [0, 0.05) is 11.1 Å². The number of nitrogens with zero attached hydrogens (tertiary/aromatic N) is 1. The van der Waals surface area contributed by atoms with Crippen LogP contribution in [0.2, 0.25) is 5.02 Å². The Hall–Kier alpha value is -2.33. The van der Waals surface area contributed by atoms with Gasteiger partial charge in [0.2, 0.25) is 0 Å². The van der Waals surface area contributed by atoms with Gasteiger partial charge in [-0.25, -0.2) is 9.78 Å². The average molecular weight is 273 g/mol. The lowest BCUT2D eigenvalue weighted by Gasteiger charge is -2.04. The predicted octanol–water partition coefficient (Wildman–Crippen LogP) is 3.44. The third-order valence-corrected chi connectivity index (χ3v) is 2.90. The molecule has 0 unspecified atom stereocenters. The summed E-state index contributed by atoms with van der Waals surface area (Å²) in [6.45, 7) is 0. The van der Waals surface area contributed by atoms with Crippen LogP contribution in [-0.2, 0) is 0 Å². The Bertz CT molecular complexity index is 752. The summed E-state index contributed by atoms with van der Waals surface area (Å²) in [5.41, 5.74) is 2.05. The van der Waals surface area contributed by atoms with Gasteiger partial charge in [-0.2, -0.15) is 0 Å². The van der Waals surface area contributed by atoms with Crippen LogP contribution in [0.3, 0.4) is 0 Å². The first kappa shape index (κ1) is 11.7. The van der Waals surface area contributed by atoms with Crippen molar-refractivity contribution < 1.29 is 9.53 Å². The highest BCUT2D eigenvalue weighted by atomic mass is 35.5. The fourth-order valence-electron chi connectivity index (χ4n) is 1.76. The van der Waals surface area contributed by atoms with Gasteiger partial charge in [0.1, 0.15) is 5.75 Å². The van der Waals surface area contributed by atoms with Crippen LogP contribution < -0.4 is 4.74 Å². The van der Waals surface area contributed by atoms with Crippen LogP contribution in [0.1, 0.15) is 10.4 Å². The van der Waals surface area contributed by atoms with Crippen molar-refractivity contribution in [3.05, 3.63) is 59.4 Å². The van der Waals surface area contributed by atoms with Crippen molar-refractivity contribution >= 4 is 28.6 Å². The first-order chi connectivity index (χ1) is 9.22. The maximum Gasteiger partial charge on any atom is 0.343 e. The maximum atomic E-state index is 11.9. The summed E-state index contributed by atoms with van der Waals surface area (Å²) in [4.78, 5) is 19.0. The lowest BCUT2D eigenvalue weighted by Crippen LogP contribution is -2.08. The van der Waals surface area contributed by atoms with Crippen LogP contribution in [-0.4, -0.2) is 15.9 Å². The molecule has 0 aliphatic heterocycles. The van der Waals surface area contributed by atoms with E-state index in [1.165, 1.54) is 0 Å². The zero-order chi connectivity index (χ0) is 13.2. The molecule has 19 heavy (non-hydrogen) atoms. The smallest absolute Gasteiger partial charge is 0.343 e. The number of aromatic nitrogens is 2. The summed E-state index contributed by atoms with van der Waals surface area (Å²) in [6.07, 6.45) is 1.59.